The molecule has 7 nitrogen and oxygen atoms in total. The van der Waals surface area contributed by atoms with E-state index in [1.54, 1.807) is 18.3 Å². The first kappa shape index (κ1) is 23.0. The maximum absolute atomic E-state index is 13.2. The van der Waals surface area contributed by atoms with Gasteiger partial charge in [0.2, 0.25) is 0 Å². The zero-order valence-corrected chi connectivity index (χ0v) is 18.5. The number of halogens is 5. The quantitative estimate of drug-likeness (QED) is 0.306. The van der Waals surface area contributed by atoms with Gasteiger partial charge < -0.3 is 4.98 Å². The normalized spacial score (nSPS) is 12.2. The largest absolute Gasteiger partial charge is 0.417 e. The van der Waals surface area contributed by atoms with Gasteiger partial charge >= 0.3 is 6.18 Å². The van der Waals surface area contributed by atoms with Crippen LogP contribution in [0, 0.1) is 5.41 Å². The monoisotopic (exact) mass is 513 g/mol. The van der Waals surface area contributed by atoms with Gasteiger partial charge in [-0.25, -0.2) is 13.4 Å². The molecule has 0 radical (unpaired) electrons. The first-order chi connectivity index (χ1) is 15.5. The summed E-state index contributed by atoms with van der Waals surface area (Å²) in [4.78, 5) is 10.5. The molecule has 0 saturated carbocycles. The summed E-state index contributed by atoms with van der Waals surface area (Å²) in [5.41, 5.74) is -0.797. The first-order valence-corrected chi connectivity index (χ1v) is 11.3. The maximum atomic E-state index is 13.2. The van der Waals surface area contributed by atoms with Gasteiger partial charge in [-0.1, -0.05) is 23.2 Å². The smallest absolute Gasteiger partial charge is 0.346 e. The lowest BCUT2D eigenvalue weighted by Crippen LogP contribution is -2.18. The van der Waals surface area contributed by atoms with Crippen molar-refractivity contribution in [2.24, 2.45) is 0 Å². The Morgan fingerprint density at radius 3 is 2.58 bits per heavy atom. The molecule has 33 heavy (non-hydrogen) atoms. The Morgan fingerprint density at radius 1 is 1.09 bits per heavy atom. The molecule has 0 saturated heterocycles. The number of hydrogen-bond acceptors (Lipinski definition) is 5. The zero-order chi connectivity index (χ0) is 24.0. The lowest BCUT2D eigenvalue weighted by atomic mass is 10.0. The van der Waals surface area contributed by atoms with Crippen LogP contribution in [0.4, 0.5) is 18.9 Å². The number of fused-ring (bicyclic) bond motifs is 1. The van der Waals surface area contributed by atoms with Gasteiger partial charge in [0.15, 0.2) is 0 Å². The van der Waals surface area contributed by atoms with Crippen LogP contribution in [-0.4, -0.2) is 29.1 Å². The summed E-state index contributed by atoms with van der Waals surface area (Å²) in [5.74, 6) is 0. The second-order valence-electron chi connectivity index (χ2n) is 6.77. The third-order valence-corrected chi connectivity index (χ3v) is 6.52. The third kappa shape index (κ3) is 4.52. The number of alkyl halides is 3. The number of rotatable bonds is 5. The highest BCUT2D eigenvalue weighted by Crippen LogP contribution is 2.36. The highest BCUT2D eigenvalue weighted by Gasteiger charge is 2.34. The second kappa shape index (κ2) is 8.32. The molecule has 0 unspecified atom stereocenters. The van der Waals surface area contributed by atoms with Crippen molar-refractivity contribution >= 4 is 55.7 Å². The van der Waals surface area contributed by atoms with Crippen molar-refractivity contribution in [3.8, 4) is 0 Å². The number of hydrogen-bond donors (Lipinski definition) is 3. The predicted molar refractivity (Wildman–Crippen MR) is 119 cm³/mol. The fourth-order valence-electron chi connectivity index (χ4n) is 3.12. The summed E-state index contributed by atoms with van der Waals surface area (Å²) in [6.07, 6.45) is -0.527. The van der Waals surface area contributed by atoms with Gasteiger partial charge in [-0.2, -0.15) is 13.2 Å². The van der Waals surface area contributed by atoms with Crippen LogP contribution in [0.15, 0.2) is 59.9 Å². The van der Waals surface area contributed by atoms with Gasteiger partial charge in [0.25, 0.3) is 10.0 Å². The Kier molecular flexibility index (Phi) is 5.81. The Balaban J connectivity index is 1.78. The van der Waals surface area contributed by atoms with E-state index in [1.165, 1.54) is 18.5 Å². The Hall–Kier alpha value is -3.15. The van der Waals surface area contributed by atoms with Crippen molar-refractivity contribution in [1.29, 1.82) is 5.41 Å². The molecule has 0 amide bonds. The fraction of sp³-hybridized carbons (Fsp3) is 0.0500. The van der Waals surface area contributed by atoms with Gasteiger partial charge in [0.1, 0.15) is 11.3 Å². The molecule has 0 bridgehead atoms. The molecular weight excluding hydrogens is 502 g/mol. The topological polar surface area (TPSA) is 112 Å². The third-order valence-electron chi connectivity index (χ3n) is 4.62. The number of nitrogens with zero attached hydrogens (tertiary/aromatic N) is 2. The molecule has 170 valence electrons. The van der Waals surface area contributed by atoms with Crippen molar-refractivity contribution in [1.82, 2.24) is 15.0 Å². The number of nitrogens with one attached hydrogen (secondary N) is 3. The van der Waals surface area contributed by atoms with Crippen LogP contribution in [0.1, 0.15) is 16.8 Å². The summed E-state index contributed by atoms with van der Waals surface area (Å²) >= 11 is 11.6. The van der Waals surface area contributed by atoms with Crippen molar-refractivity contribution in [3.05, 3.63) is 81.9 Å². The van der Waals surface area contributed by atoms with Crippen LogP contribution in [0.5, 0.6) is 0 Å². The van der Waals surface area contributed by atoms with Gasteiger partial charge in [-0.3, -0.25) is 15.1 Å². The van der Waals surface area contributed by atoms with Gasteiger partial charge in [0.05, 0.1) is 31.9 Å². The van der Waals surface area contributed by atoms with E-state index in [4.69, 9.17) is 28.6 Å². The van der Waals surface area contributed by atoms with E-state index >= 15 is 0 Å². The van der Waals surface area contributed by atoms with Crippen LogP contribution in [0.25, 0.3) is 11.0 Å². The van der Waals surface area contributed by atoms with E-state index in [9.17, 15) is 21.6 Å². The number of aromatic amines is 1. The molecule has 0 aliphatic heterocycles. The number of pyridine rings is 2. The summed E-state index contributed by atoms with van der Waals surface area (Å²) in [6.45, 7) is 0. The van der Waals surface area contributed by atoms with Crippen molar-refractivity contribution in [3.63, 3.8) is 0 Å². The molecule has 4 aromatic rings. The molecule has 3 N–H and O–H groups in total. The molecule has 3 heterocycles. The number of sulfonamides is 1. The predicted octanol–water partition coefficient (Wildman–Crippen LogP) is 5.50. The number of aromatic nitrogens is 3. The van der Waals surface area contributed by atoms with E-state index in [2.05, 4.69) is 19.7 Å². The molecule has 4 rings (SSSR count). The van der Waals surface area contributed by atoms with Gasteiger partial charge in [0, 0.05) is 29.5 Å². The van der Waals surface area contributed by atoms with Crippen LogP contribution < -0.4 is 4.72 Å². The molecule has 1 aromatic carbocycles. The van der Waals surface area contributed by atoms with Gasteiger partial charge in [-0.05, 0) is 36.4 Å². The molecule has 0 aliphatic carbocycles. The van der Waals surface area contributed by atoms with Crippen LogP contribution in [-0.2, 0) is 16.2 Å². The SMILES string of the molecule is N=C(c1ncc(Cl)cc1NS(=O)(=O)c1ccc(Cl)c(C(F)(F)F)c1)c1ccnc2[nH]ccc12. The number of benzene rings is 1. The maximum Gasteiger partial charge on any atom is 0.417 e. The standard InChI is InChI=1S/C20H12Cl2F3N5O2S/c21-10-7-16(30-33(31,32)11-1-2-15(22)14(8-11)20(23,24)25)18(29-9-10)17(26)12-3-5-27-19-13(12)4-6-28-19/h1-9,26,30H,(H,27,28). The number of H-pyrrole nitrogens is 1. The fourth-order valence-corrected chi connectivity index (χ4v) is 4.58. The Bertz CT molecular complexity index is 1500. The summed E-state index contributed by atoms with van der Waals surface area (Å²) in [7, 11) is -4.52. The molecule has 13 heteroatoms. The molecule has 0 spiro atoms. The molecule has 0 fully saturated rings. The minimum atomic E-state index is -4.85. The van der Waals surface area contributed by atoms with E-state index in [0.29, 0.717) is 22.7 Å². The summed E-state index contributed by atoms with van der Waals surface area (Å²) in [5, 5.41) is 8.63. The average Bonchev–Trinajstić information content (AvgIpc) is 3.21. The van der Waals surface area contributed by atoms with E-state index in [-0.39, 0.29) is 22.1 Å². The summed E-state index contributed by atoms with van der Waals surface area (Å²) in [6, 6.07) is 6.68. The summed E-state index contributed by atoms with van der Waals surface area (Å²) < 4.78 is 67.6. The van der Waals surface area contributed by atoms with Crippen LogP contribution in [0.3, 0.4) is 0 Å². The average molecular weight is 514 g/mol. The zero-order valence-electron chi connectivity index (χ0n) is 16.2. The van der Waals surface area contributed by atoms with Gasteiger partial charge in [-0.15, -0.1) is 0 Å². The minimum absolute atomic E-state index is 0.0536. The van der Waals surface area contributed by atoms with Crippen molar-refractivity contribution < 1.29 is 21.6 Å². The Labute approximate surface area is 195 Å². The minimum Gasteiger partial charge on any atom is -0.346 e. The van der Waals surface area contributed by atoms with Crippen molar-refractivity contribution in [2.45, 2.75) is 11.1 Å². The highest BCUT2D eigenvalue weighted by molar-refractivity contribution is 7.92. The first-order valence-electron chi connectivity index (χ1n) is 9.04. The molecule has 0 aliphatic rings. The highest BCUT2D eigenvalue weighted by atomic mass is 35.5. The Morgan fingerprint density at radius 2 is 1.85 bits per heavy atom. The van der Waals surface area contributed by atoms with Crippen LogP contribution >= 0.6 is 23.2 Å². The van der Waals surface area contributed by atoms with E-state index < -0.39 is 31.7 Å². The van der Waals surface area contributed by atoms with Crippen molar-refractivity contribution in [2.75, 3.05) is 4.72 Å². The second-order valence-corrected chi connectivity index (χ2v) is 9.29. The van der Waals surface area contributed by atoms with Crippen LogP contribution in [0.2, 0.25) is 10.0 Å². The molecule has 0 atom stereocenters. The number of anilines is 1. The lowest BCUT2D eigenvalue weighted by Gasteiger charge is -2.15. The van der Waals surface area contributed by atoms with E-state index in [1.807, 2.05) is 0 Å². The lowest BCUT2D eigenvalue weighted by molar-refractivity contribution is -0.137. The van der Waals surface area contributed by atoms with E-state index in [0.717, 1.165) is 12.1 Å². The molecular formula is C20H12Cl2F3N5O2S. The molecule has 3 aromatic heterocycles.